The Morgan fingerprint density at radius 2 is 2.05 bits per heavy atom. The number of ether oxygens (including phenoxy) is 1. The van der Waals surface area contributed by atoms with E-state index in [1.165, 1.54) is 12.1 Å². The predicted molar refractivity (Wildman–Crippen MR) is 72.8 cm³/mol. The Balaban J connectivity index is 1.81. The molecule has 3 N–H and O–H groups in total. The molecule has 7 heteroatoms. The van der Waals surface area contributed by atoms with Crippen LogP contribution in [0.3, 0.4) is 0 Å². The molecule has 0 aromatic heterocycles. The summed E-state index contributed by atoms with van der Waals surface area (Å²) in [6.45, 7) is -0.318. The van der Waals surface area contributed by atoms with Crippen LogP contribution in [0.1, 0.15) is 12.8 Å². The van der Waals surface area contributed by atoms with Crippen LogP contribution in [0.15, 0.2) is 22.7 Å². The van der Waals surface area contributed by atoms with Crippen molar-refractivity contribution < 1.29 is 24.1 Å². The molecule has 0 radical (unpaired) electrons. The Morgan fingerprint density at radius 3 is 2.65 bits per heavy atom. The monoisotopic (exact) mass is 347 g/mol. The van der Waals surface area contributed by atoms with Crippen LogP contribution in [0.2, 0.25) is 0 Å². The van der Waals surface area contributed by atoms with Gasteiger partial charge in [-0.2, -0.15) is 0 Å². The number of aliphatic hydroxyl groups is 2. The van der Waals surface area contributed by atoms with Crippen molar-refractivity contribution in [1.82, 2.24) is 5.32 Å². The van der Waals surface area contributed by atoms with E-state index in [2.05, 4.69) is 21.2 Å². The van der Waals surface area contributed by atoms with Crippen LogP contribution in [0.25, 0.3) is 0 Å². The third-order valence-electron chi connectivity index (χ3n) is 3.11. The lowest BCUT2D eigenvalue weighted by atomic mass is 10.2. The Kier molecular flexibility index (Phi) is 4.95. The van der Waals surface area contributed by atoms with Gasteiger partial charge in [0.15, 0.2) is 18.2 Å². The molecule has 1 aliphatic carbocycles. The number of hydrogen-bond donors (Lipinski definition) is 3. The van der Waals surface area contributed by atoms with Gasteiger partial charge in [-0.15, -0.1) is 0 Å². The number of benzene rings is 1. The fraction of sp³-hybridized carbons (Fsp3) is 0.462. The number of carbonyl (C=O) groups excluding carboxylic acids is 1. The molecule has 2 rings (SSSR count). The minimum Gasteiger partial charge on any atom is -0.481 e. The summed E-state index contributed by atoms with van der Waals surface area (Å²) >= 11 is 3.12. The Hall–Kier alpha value is -1.18. The smallest absolute Gasteiger partial charge is 0.258 e. The molecule has 1 amide bonds. The van der Waals surface area contributed by atoms with Crippen LogP contribution in [0, 0.1) is 5.82 Å². The van der Waals surface area contributed by atoms with Crippen LogP contribution in [-0.2, 0) is 4.79 Å². The van der Waals surface area contributed by atoms with Crippen LogP contribution < -0.4 is 10.1 Å². The lowest BCUT2D eigenvalue weighted by Gasteiger charge is -2.13. The summed E-state index contributed by atoms with van der Waals surface area (Å²) in [5.41, 5.74) is 0. The summed E-state index contributed by atoms with van der Waals surface area (Å²) in [7, 11) is 0. The van der Waals surface area contributed by atoms with Crippen molar-refractivity contribution in [1.29, 1.82) is 0 Å². The fourth-order valence-corrected chi connectivity index (χ4v) is 2.45. The number of carbonyl (C=O) groups is 1. The summed E-state index contributed by atoms with van der Waals surface area (Å²) < 4.78 is 19.1. The van der Waals surface area contributed by atoms with E-state index in [0.29, 0.717) is 17.3 Å². The van der Waals surface area contributed by atoms with E-state index in [4.69, 9.17) is 4.74 Å². The minimum absolute atomic E-state index is 0.00478. The van der Waals surface area contributed by atoms with Crippen LogP contribution in [0.4, 0.5) is 4.39 Å². The van der Waals surface area contributed by atoms with Gasteiger partial charge in [0.25, 0.3) is 5.91 Å². The van der Waals surface area contributed by atoms with Gasteiger partial charge in [-0.1, -0.05) is 15.9 Å². The first-order valence-electron chi connectivity index (χ1n) is 6.19. The molecule has 1 aliphatic rings. The van der Waals surface area contributed by atoms with Crippen molar-refractivity contribution in [2.24, 2.45) is 0 Å². The molecule has 1 unspecified atom stereocenters. The maximum Gasteiger partial charge on any atom is 0.258 e. The van der Waals surface area contributed by atoms with Crippen molar-refractivity contribution in [3.63, 3.8) is 0 Å². The van der Waals surface area contributed by atoms with Crippen LogP contribution in [0.5, 0.6) is 5.75 Å². The summed E-state index contributed by atoms with van der Waals surface area (Å²) in [5.74, 6) is -0.979. The van der Waals surface area contributed by atoms with Gasteiger partial charge in [-0.3, -0.25) is 4.79 Å². The second kappa shape index (κ2) is 6.51. The Bertz CT molecular complexity index is 489. The highest BCUT2D eigenvalue weighted by Crippen LogP contribution is 2.22. The maximum absolute atomic E-state index is 13.5. The SMILES string of the molecule is O=C(COc1ccc(Br)cc1F)NC1C[C@@H](O)[C@@H](O)C1. The molecular weight excluding hydrogens is 333 g/mol. The second-order valence-corrected chi connectivity index (χ2v) is 5.65. The van der Waals surface area contributed by atoms with Crippen molar-refractivity contribution in [2.45, 2.75) is 31.1 Å². The maximum atomic E-state index is 13.5. The molecule has 1 fully saturated rings. The largest absolute Gasteiger partial charge is 0.481 e. The zero-order valence-corrected chi connectivity index (χ0v) is 12.1. The van der Waals surface area contributed by atoms with E-state index >= 15 is 0 Å². The van der Waals surface area contributed by atoms with Crippen molar-refractivity contribution in [2.75, 3.05) is 6.61 Å². The molecule has 0 spiro atoms. The molecule has 110 valence electrons. The Labute approximate surface area is 123 Å². The predicted octanol–water partition coefficient (Wildman–Crippen LogP) is 0.967. The molecule has 3 atom stereocenters. The molecule has 1 saturated carbocycles. The first-order chi connectivity index (χ1) is 9.45. The second-order valence-electron chi connectivity index (χ2n) is 4.73. The van der Waals surface area contributed by atoms with Crippen molar-refractivity contribution in [3.8, 4) is 5.75 Å². The molecule has 1 aromatic rings. The number of amides is 1. The van der Waals surface area contributed by atoms with E-state index in [9.17, 15) is 19.4 Å². The number of hydrogen-bond acceptors (Lipinski definition) is 4. The Morgan fingerprint density at radius 1 is 1.40 bits per heavy atom. The molecule has 0 aliphatic heterocycles. The molecule has 1 aromatic carbocycles. The fourth-order valence-electron chi connectivity index (χ4n) is 2.12. The standard InChI is InChI=1S/C13H15BrFNO4/c14-7-1-2-12(9(15)3-7)20-6-13(19)16-8-4-10(17)11(18)5-8/h1-3,8,10-11,17-18H,4-6H2,(H,16,19)/t8?,10-,11+. The van der Waals surface area contributed by atoms with E-state index in [1.54, 1.807) is 6.07 Å². The lowest BCUT2D eigenvalue weighted by molar-refractivity contribution is -0.123. The molecule has 0 saturated heterocycles. The average Bonchev–Trinajstić information content (AvgIpc) is 2.67. The number of halogens is 2. The molecule has 0 bridgehead atoms. The molecule has 5 nitrogen and oxygen atoms in total. The molecule has 0 heterocycles. The third-order valence-corrected chi connectivity index (χ3v) is 3.61. The zero-order valence-electron chi connectivity index (χ0n) is 10.6. The van der Waals surface area contributed by atoms with E-state index in [1.807, 2.05) is 0 Å². The highest BCUT2D eigenvalue weighted by atomic mass is 79.9. The summed E-state index contributed by atoms with van der Waals surface area (Å²) in [6, 6.07) is 4.00. The van der Waals surface area contributed by atoms with E-state index in [-0.39, 0.29) is 18.4 Å². The minimum atomic E-state index is -0.815. The topological polar surface area (TPSA) is 78.8 Å². The average molecular weight is 348 g/mol. The van der Waals surface area contributed by atoms with E-state index in [0.717, 1.165) is 0 Å². The molecular formula is C13H15BrFNO4. The van der Waals surface area contributed by atoms with Gasteiger partial charge < -0.3 is 20.3 Å². The van der Waals surface area contributed by atoms with Gasteiger partial charge in [-0.25, -0.2) is 4.39 Å². The van der Waals surface area contributed by atoms with Gasteiger partial charge in [0.1, 0.15) is 0 Å². The van der Waals surface area contributed by atoms with Gasteiger partial charge >= 0.3 is 0 Å². The molecule has 20 heavy (non-hydrogen) atoms. The van der Waals surface area contributed by atoms with Crippen LogP contribution in [-0.4, -0.2) is 41.0 Å². The zero-order chi connectivity index (χ0) is 14.7. The van der Waals surface area contributed by atoms with Crippen molar-refractivity contribution in [3.05, 3.63) is 28.5 Å². The van der Waals surface area contributed by atoms with Crippen molar-refractivity contribution >= 4 is 21.8 Å². The van der Waals surface area contributed by atoms with Gasteiger partial charge in [0, 0.05) is 10.5 Å². The first-order valence-corrected chi connectivity index (χ1v) is 6.98. The highest BCUT2D eigenvalue weighted by Gasteiger charge is 2.32. The number of aliphatic hydroxyl groups excluding tert-OH is 2. The first kappa shape index (κ1) is 15.2. The number of nitrogens with one attached hydrogen (secondary N) is 1. The van der Waals surface area contributed by atoms with E-state index < -0.39 is 23.9 Å². The van der Waals surface area contributed by atoms with Gasteiger partial charge in [0.2, 0.25) is 0 Å². The van der Waals surface area contributed by atoms with Gasteiger partial charge in [0.05, 0.1) is 12.2 Å². The lowest BCUT2D eigenvalue weighted by Crippen LogP contribution is -2.36. The van der Waals surface area contributed by atoms with Gasteiger partial charge in [-0.05, 0) is 31.0 Å². The number of rotatable bonds is 4. The summed E-state index contributed by atoms with van der Waals surface area (Å²) in [5, 5.41) is 21.4. The normalized spacial score (nSPS) is 25.5. The quantitative estimate of drug-likeness (QED) is 0.758. The van der Waals surface area contributed by atoms with Crippen LogP contribution >= 0.6 is 15.9 Å². The summed E-state index contributed by atoms with van der Waals surface area (Å²) in [6.07, 6.45) is -1.02. The highest BCUT2D eigenvalue weighted by molar-refractivity contribution is 9.10. The third kappa shape index (κ3) is 3.91. The summed E-state index contributed by atoms with van der Waals surface area (Å²) in [4.78, 5) is 11.6.